The van der Waals surface area contributed by atoms with Crippen LogP contribution < -0.4 is 10.6 Å². The summed E-state index contributed by atoms with van der Waals surface area (Å²) in [4.78, 5) is 19.3. The molecule has 1 aliphatic heterocycles. The Morgan fingerprint density at radius 3 is 3.00 bits per heavy atom. The highest BCUT2D eigenvalue weighted by Gasteiger charge is 2.28. The minimum atomic E-state index is -0.0631. The standard InChI is InChI=1S/C19H23ClN4O2/c1-19(2)9-13(6-7-26-19)10-21-17-5-3-4-16(24-17)14-8-18(23-12-25)22-11-15(14)20/h3-5,8,11-13H,6-7,9-10H2,1-2H3,(H,21,24)(H,22,23,25). The van der Waals surface area contributed by atoms with E-state index in [2.05, 4.69) is 34.4 Å². The smallest absolute Gasteiger partial charge is 0.212 e. The van der Waals surface area contributed by atoms with Gasteiger partial charge in [0, 0.05) is 24.9 Å². The minimum Gasteiger partial charge on any atom is -0.376 e. The molecule has 1 amide bonds. The molecule has 1 saturated heterocycles. The monoisotopic (exact) mass is 374 g/mol. The Morgan fingerprint density at radius 2 is 2.23 bits per heavy atom. The molecule has 2 N–H and O–H groups in total. The van der Waals surface area contributed by atoms with Crippen LogP contribution in [0.15, 0.2) is 30.5 Å². The van der Waals surface area contributed by atoms with Crippen LogP contribution in [0.25, 0.3) is 11.3 Å². The third-order valence-corrected chi connectivity index (χ3v) is 4.76. The first-order valence-electron chi connectivity index (χ1n) is 8.68. The molecule has 0 aromatic carbocycles. The van der Waals surface area contributed by atoms with Gasteiger partial charge in [0.05, 0.1) is 16.3 Å². The molecule has 1 atom stereocenters. The maximum atomic E-state index is 10.6. The van der Waals surface area contributed by atoms with E-state index in [4.69, 9.17) is 16.3 Å². The molecule has 0 bridgehead atoms. The number of ether oxygens (including phenoxy) is 1. The summed E-state index contributed by atoms with van der Waals surface area (Å²) < 4.78 is 5.77. The number of rotatable bonds is 6. The first-order chi connectivity index (χ1) is 12.5. The number of hydrogen-bond acceptors (Lipinski definition) is 5. The zero-order valence-corrected chi connectivity index (χ0v) is 15.7. The van der Waals surface area contributed by atoms with Gasteiger partial charge in [-0.3, -0.25) is 4.79 Å². The Bertz CT molecular complexity index is 782. The van der Waals surface area contributed by atoms with Crippen molar-refractivity contribution in [2.45, 2.75) is 32.3 Å². The van der Waals surface area contributed by atoms with E-state index in [1.807, 2.05) is 18.2 Å². The van der Waals surface area contributed by atoms with Crippen LogP contribution in [0, 0.1) is 5.92 Å². The van der Waals surface area contributed by atoms with Crippen LogP contribution in [0.4, 0.5) is 11.6 Å². The van der Waals surface area contributed by atoms with Crippen LogP contribution in [0.5, 0.6) is 0 Å². The number of anilines is 2. The normalized spacial score (nSPS) is 19.0. The number of carbonyl (C=O) groups is 1. The third-order valence-electron chi connectivity index (χ3n) is 4.46. The highest BCUT2D eigenvalue weighted by Crippen LogP contribution is 2.30. The van der Waals surface area contributed by atoms with Crippen LogP contribution in [-0.4, -0.2) is 35.1 Å². The van der Waals surface area contributed by atoms with Gasteiger partial charge in [-0.05, 0) is 50.8 Å². The molecule has 0 saturated carbocycles. The summed E-state index contributed by atoms with van der Waals surface area (Å²) in [5, 5.41) is 6.44. The van der Waals surface area contributed by atoms with E-state index in [0.717, 1.165) is 43.1 Å². The Balaban J connectivity index is 1.72. The topological polar surface area (TPSA) is 76.1 Å². The van der Waals surface area contributed by atoms with Crippen molar-refractivity contribution in [1.82, 2.24) is 9.97 Å². The number of nitrogens with zero attached hydrogens (tertiary/aromatic N) is 2. The molecule has 26 heavy (non-hydrogen) atoms. The van der Waals surface area contributed by atoms with Crippen molar-refractivity contribution in [1.29, 1.82) is 0 Å². The fraction of sp³-hybridized carbons (Fsp3) is 0.421. The van der Waals surface area contributed by atoms with Gasteiger partial charge in [-0.2, -0.15) is 0 Å². The van der Waals surface area contributed by atoms with Gasteiger partial charge < -0.3 is 15.4 Å². The molecule has 1 aliphatic rings. The molecular formula is C19H23ClN4O2. The summed E-state index contributed by atoms with van der Waals surface area (Å²) in [6.07, 6.45) is 4.17. The second-order valence-corrected chi connectivity index (χ2v) is 7.47. The number of halogens is 1. The van der Waals surface area contributed by atoms with Crippen molar-refractivity contribution < 1.29 is 9.53 Å². The predicted octanol–water partition coefficient (Wildman–Crippen LogP) is 3.98. The Morgan fingerprint density at radius 1 is 1.38 bits per heavy atom. The molecule has 0 radical (unpaired) electrons. The van der Waals surface area contributed by atoms with Crippen molar-refractivity contribution >= 4 is 29.6 Å². The average Bonchev–Trinajstić information content (AvgIpc) is 2.61. The molecule has 2 aromatic rings. The Kier molecular flexibility index (Phi) is 5.74. The van der Waals surface area contributed by atoms with Crippen molar-refractivity contribution in [3.63, 3.8) is 0 Å². The second-order valence-electron chi connectivity index (χ2n) is 7.07. The molecule has 0 aliphatic carbocycles. The predicted molar refractivity (Wildman–Crippen MR) is 103 cm³/mol. The summed E-state index contributed by atoms with van der Waals surface area (Å²) in [5.41, 5.74) is 1.39. The number of amides is 1. The maximum absolute atomic E-state index is 10.6. The van der Waals surface area contributed by atoms with Gasteiger partial charge in [-0.1, -0.05) is 17.7 Å². The van der Waals surface area contributed by atoms with E-state index in [-0.39, 0.29) is 5.60 Å². The molecule has 7 heteroatoms. The largest absolute Gasteiger partial charge is 0.376 e. The Labute approximate surface area is 158 Å². The van der Waals surface area contributed by atoms with Gasteiger partial charge in [0.1, 0.15) is 11.6 Å². The molecule has 0 spiro atoms. The van der Waals surface area contributed by atoms with E-state index in [1.54, 1.807) is 6.07 Å². The average molecular weight is 375 g/mol. The van der Waals surface area contributed by atoms with Crippen LogP contribution in [0.3, 0.4) is 0 Å². The van der Waals surface area contributed by atoms with Crippen molar-refractivity contribution in [2.24, 2.45) is 5.92 Å². The number of nitrogens with one attached hydrogen (secondary N) is 2. The van der Waals surface area contributed by atoms with Crippen molar-refractivity contribution in [2.75, 3.05) is 23.8 Å². The van der Waals surface area contributed by atoms with Crippen LogP contribution >= 0.6 is 11.6 Å². The fourth-order valence-electron chi connectivity index (χ4n) is 3.24. The van der Waals surface area contributed by atoms with Crippen LogP contribution in [0.2, 0.25) is 5.02 Å². The van der Waals surface area contributed by atoms with Gasteiger partial charge in [0.25, 0.3) is 0 Å². The molecule has 1 unspecified atom stereocenters. The lowest BCUT2D eigenvalue weighted by Crippen LogP contribution is -2.36. The van der Waals surface area contributed by atoms with Gasteiger partial charge in [-0.15, -0.1) is 0 Å². The molecule has 2 aromatic heterocycles. The molecule has 138 valence electrons. The van der Waals surface area contributed by atoms with Crippen molar-refractivity contribution in [3.05, 3.63) is 35.5 Å². The molecule has 3 heterocycles. The van der Waals surface area contributed by atoms with Gasteiger partial charge in [0.2, 0.25) is 6.41 Å². The van der Waals surface area contributed by atoms with E-state index in [1.165, 1.54) is 6.20 Å². The molecular weight excluding hydrogens is 352 g/mol. The highest BCUT2D eigenvalue weighted by atomic mass is 35.5. The zero-order valence-electron chi connectivity index (χ0n) is 15.0. The molecule has 1 fully saturated rings. The van der Waals surface area contributed by atoms with Crippen LogP contribution in [0.1, 0.15) is 26.7 Å². The maximum Gasteiger partial charge on any atom is 0.212 e. The first kappa shape index (κ1) is 18.6. The lowest BCUT2D eigenvalue weighted by Gasteiger charge is -2.35. The quantitative estimate of drug-likeness (QED) is 0.748. The van der Waals surface area contributed by atoms with Crippen LogP contribution in [-0.2, 0) is 9.53 Å². The van der Waals surface area contributed by atoms with E-state index in [9.17, 15) is 4.79 Å². The number of aromatic nitrogens is 2. The lowest BCUT2D eigenvalue weighted by atomic mass is 9.88. The van der Waals surface area contributed by atoms with E-state index < -0.39 is 0 Å². The molecule has 6 nitrogen and oxygen atoms in total. The number of hydrogen-bond donors (Lipinski definition) is 2. The van der Waals surface area contributed by atoms with Gasteiger partial charge >= 0.3 is 0 Å². The summed E-state index contributed by atoms with van der Waals surface area (Å²) in [6, 6.07) is 7.47. The SMILES string of the molecule is CC1(C)CC(CNc2cccc(-c3cc(NC=O)ncc3Cl)n2)CCO1. The lowest BCUT2D eigenvalue weighted by molar-refractivity contribution is -0.105. The Hall–Kier alpha value is -2.18. The fourth-order valence-corrected chi connectivity index (χ4v) is 3.44. The van der Waals surface area contributed by atoms with Gasteiger partial charge in [0.15, 0.2) is 0 Å². The van der Waals surface area contributed by atoms with Gasteiger partial charge in [-0.25, -0.2) is 9.97 Å². The summed E-state index contributed by atoms with van der Waals surface area (Å²) >= 11 is 6.26. The summed E-state index contributed by atoms with van der Waals surface area (Å²) in [7, 11) is 0. The van der Waals surface area contributed by atoms with E-state index >= 15 is 0 Å². The zero-order chi connectivity index (χ0) is 18.6. The number of carbonyl (C=O) groups excluding carboxylic acids is 1. The summed E-state index contributed by atoms with van der Waals surface area (Å²) in [6.45, 7) is 5.92. The van der Waals surface area contributed by atoms with E-state index in [0.29, 0.717) is 23.2 Å². The number of pyridine rings is 2. The highest BCUT2D eigenvalue weighted by molar-refractivity contribution is 6.33. The minimum absolute atomic E-state index is 0.0631. The molecule has 3 rings (SSSR count). The second kappa shape index (κ2) is 8.01. The summed E-state index contributed by atoms with van der Waals surface area (Å²) in [5.74, 6) is 1.78. The first-order valence-corrected chi connectivity index (χ1v) is 9.06. The van der Waals surface area contributed by atoms with Crippen molar-refractivity contribution in [3.8, 4) is 11.3 Å². The third kappa shape index (κ3) is 4.71.